The van der Waals surface area contributed by atoms with Crippen LogP contribution in [0.15, 0.2) is 29.1 Å². The Hall–Kier alpha value is -1.59. The number of nitrogens with one attached hydrogen (secondary N) is 1. The zero-order valence-electron chi connectivity index (χ0n) is 11.2. The van der Waals surface area contributed by atoms with Gasteiger partial charge >= 0.3 is 0 Å². The molecule has 1 aromatic carbocycles. The molecule has 0 amide bonds. The number of rotatable bonds is 7. The van der Waals surface area contributed by atoms with Crippen LogP contribution in [-0.2, 0) is 13.2 Å². The molecule has 0 radical (unpaired) electrons. The molecule has 0 saturated heterocycles. The monoisotopic (exact) mass is 278 g/mol. The van der Waals surface area contributed by atoms with Crippen LogP contribution in [0, 0.1) is 0 Å². The van der Waals surface area contributed by atoms with E-state index in [1.54, 1.807) is 24.0 Å². The lowest BCUT2D eigenvalue weighted by atomic mass is 10.2. The molecule has 2 aromatic rings. The van der Waals surface area contributed by atoms with Crippen LogP contribution in [0.5, 0.6) is 11.5 Å². The third-order valence-corrected chi connectivity index (χ3v) is 3.30. The average molecular weight is 278 g/mol. The highest BCUT2D eigenvalue weighted by atomic mass is 32.1. The van der Waals surface area contributed by atoms with Crippen molar-refractivity contribution in [1.82, 2.24) is 10.3 Å². The zero-order valence-corrected chi connectivity index (χ0v) is 12.0. The molecule has 0 spiro atoms. The predicted molar refractivity (Wildman–Crippen MR) is 76.8 cm³/mol. The van der Waals surface area contributed by atoms with Crippen molar-refractivity contribution in [2.45, 2.75) is 20.1 Å². The Morgan fingerprint density at radius 1 is 1.32 bits per heavy atom. The van der Waals surface area contributed by atoms with E-state index < -0.39 is 0 Å². The fourth-order valence-electron chi connectivity index (χ4n) is 1.67. The van der Waals surface area contributed by atoms with Crippen LogP contribution >= 0.6 is 11.3 Å². The Labute approximate surface area is 117 Å². The van der Waals surface area contributed by atoms with Crippen LogP contribution in [0.4, 0.5) is 0 Å². The summed E-state index contributed by atoms with van der Waals surface area (Å²) in [5.41, 5.74) is 3.91. The van der Waals surface area contributed by atoms with Gasteiger partial charge in [0.2, 0.25) is 0 Å². The van der Waals surface area contributed by atoms with Crippen molar-refractivity contribution in [3.8, 4) is 11.5 Å². The molecule has 0 aliphatic heterocycles. The Morgan fingerprint density at radius 3 is 2.89 bits per heavy atom. The number of methoxy groups -OCH3 is 1. The minimum Gasteiger partial charge on any atom is -0.493 e. The van der Waals surface area contributed by atoms with E-state index in [4.69, 9.17) is 9.47 Å². The van der Waals surface area contributed by atoms with E-state index in [0.717, 1.165) is 30.3 Å². The lowest BCUT2D eigenvalue weighted by Crippen LogP contribution is -2.11. The summed E-state index contributed by atoms with van der Waals surface area (Å²) in [7, 11) is 1.65. The van der Waals surface area contributed by atoms with Gasteiger partial charge in [-0.25, -0.2) is 4.98 Å². The second-order valence-electron chi connectivity index (χ2n) is 4.03. The minimum absolute atomic E-state index is 0.463. The molecule has 102 valence electrons. The molecule has 2 rings (SSSR count). The van der Waals surface area contributed by atoms with Gasteiger partial charge in [-0.1, -0.05) is 13.0 Å². The molecule has 0 fully saturated rings. The first kappa shape index (κ1) is 13.8. The van der Waals surface area contributed by atoms with Crippen molar-refractivity contribution in [1.29, 1.82) is 0 Å². The fraction of sp³-hybridized carbons (Fsp3) is 0.357. The smallest absolute Gasteiger partial charge is 0.162 e. The van der Waals surface area contributed by atoms with Crippen LogP contribution in [0.25, 0.3) is 0 Å². The summed E-state index contributed by atoms with van der Waals surface area (Å²) in [6, 6.07) is 5.98. The zero-order chi connectivity index (χ0) is 13.5. The first-order valence-corrected chi connectivity index (χ1v) is 7.15. The highest BCUT2D eigenvalue weighted by Crippen LogP contribution is 2.28. The molecular formula is C14H18N2O2S. The van der Waals surface area contributed by atoms with Crippen molar-refractivity contribution < 1.29 is 9.47 Å². The van der Waals surface area contributed by atoms with E-state index in [2.05, 4.69) is 17.2 Å². The Morgan fingerprint density at radius 2 is 2.21 bits per heavy atom. The predicted octanol–water partition coefficient (Wildman–Crippen LogP) is 2.84. The topological polar surface area (TPSA) is 43.4 Å². The van der Waals surface area contributed by atoms with Crippen molar-refractivity contribution in [2.75, 3.05) is 13.7 Å². The lowest BCUT2D eigenvalue weighted by Gasteiger charge is -2.12. The molecule has 1 aromatic heterocycles. The summed E-state index contributed by atoms with van der Waals surface area (Å²) >= 11 is 1.57. The van der Waals surface area contributed by atoms with E-state index in [-0.39, 0.29) is 0 Å². The van der Waals surface area contributed by atoms with Gasteiger partial charge in [0.25, 0.3) is 0 Å². The van der Waals surface area contributed by atoms with Gasteiger partial charge < -0.3 is 14.8 Å². The van der Waals surface area contributed by atoms with Crippen LogP contribution in [-0.4, -0.2) is 18.6 Å². The number of aromatic nitrogens is 1. The molecule has 0 atom stereocenters. The molecule has 0 aliphatic rings. The van der Waals surface area contributed by atoms with Gasteiger partial charge in [0.15, 0.2) is 11.5 Å². The van der Waals surface area contributed by atoms with E-state index in [0.29, 0.717) is 6.61 Å². The van der Waals surface area contributed by atoms with Gasteiger partial charge in [0.1, 0.15) is 6.61 Å². The molecule has 0 bridgehead atoms. The van der Waals surface area contributed by atoms with Gasteiger partial charge in [-0.05, 0) is 24.2 Å². The molecule has 19 heavy (non-hydrogen) atoms. The third kappa shape index (κ3) is 3.94. The molecule has 0 aliphatic carbocycles. The number of thiazole rings is 1. The van der Waals surface area contributed by atoms with Crippen molar-refractivity contribution in [3.05, 3.63) is 40.3 Å². The number of ether oxygens (including phenoxy) is 2. The summed E-state index contributed by atoms with van der Waals surface area (Å²) in [6.07, 6.45) is 0. The molecule has 5 heteroatoms. The number of hydrogen-bond donors (Lipinski definition) is 1. The van der Waals surface area contributed by atoms with Gasteiger partial charge in [0.05, 0.1) is 18.3 Å². The highest BCUT2D eigenvalue weighted by molar-refractivity contribution is 7.07. The van der Waals surface area contributed by atoms with Crippen LogP contribution in [0.3, 0.4) is 0 Å². The van der Waals surface area contributed by atoms with E-state index in [1.165, 1.54) is 5.56 Å². The molecule has 0 unspecified atom stereocenters. The summed E-state index contributed by atoms with van der Waals surface area (Å²) in [5.74, 6) is 1.50. The Balaban J connectivity index is 2.07. The first-order chi connectivity index (χ1) is 9.33. The number of benzene rings is 1. The molecular weight excluding hydrogens is 260 g/mol. The normalized spacial score (nSPS) is 10.4. The van der Waals surface area contributed by atoms with Crippen LogP contribution in [0.1, 0.15) is 18.2 Å². The average Bonchev–Trinajstić information content (AvgIpc) is 2.96. The van der Waals surface area contributed by atoms with E-state index >= 15 is 0 Å². The van der Waals surface area contributed by atoms with Crippen LogP contribution in [0.2, 0.25) is 0 Å². The van der Waals surface area contributed by atoms with Crippen molar-refractivity contribution in [2.24, 2.45) is 0 Å². The maximum absolute atomic E-state index is 5.78. The Bertz CT molecular complexity index is 500. The van der Waals surface area contributed by atoms with Gasteiger partial charge in [-0.3, -0.25) is 0 Å². The maximum Gasteiger partial charge on any atom is 0.162 e. The largest absolute Gasteiger partial charge is 0.493 e. The summed E-state index contributed by atoms with van der Waals surface area (Å²) in [5, 5.41) is 5.27. The van der Waals surface area contributed by atoms with Gasteiger partial charge in [-0.2, -0.15) is 0 Å². The van der Waals surface area contributed by atoms with Gasteiger partial charge in [-0.15, -0.1) is 11.3 Å². The molecule has 0 saturated carbocycles. The lowest BCUT2D eigenvalue weighted by molar-refractivity contribution is 0.281. The summed E-state index contributed by atoms with van der Waals surface area (Å²) in [6.45, 7) is 4.32. The summed E-state index contributed by atoms with van der Waals surface area (Å²) in [4.78, 5) is 4.20. The maximum atomic E-state index is 5.78. The highest BCUT2D eigenvalue weighted by Gasteiger charge is 2.06. The van der Waals surface area contributed by atoms with Crippen molar-refractivity contribution >= 4 is 11.3 Å². The van der Waals surface area contributed by atoms with Crippen molar-refractivity contribution in [3.63, 3.8) is 0 Å². The fourth-order valence-corrected chi connectivity index (χ4v) is 2.22. The standard InChI is InChI=1S/C14H18N2O2S/c1-3-15-7-11-4-5-13(17-2)14(6-11)18-8-12-9-19-10-16-12/h4-6,9-10,15H,3,7-8H2,1-2H3. The van der Waals surface area contributed by atoms with Crippen LogP contribution < -0.4 is 14.8 Å². The second kappa shape index (κ2) is 7.11. The number of nitrogens with zero attached hydrogens (tertiary/aromatic N) is 1. The number of hydrogen-bond acceptors (Lipinski definition) is 5. The molecule has 4 nitrogen and oxygen atoms in total. The van der Waals surface area contributed by atoms with E-state index in [9.17, 15) is 0 Å². The summed E-state index contributed by atoms with van der Waals surface area (Å²) < 4.78 is 11.1. The second-order valence-corrected chi connectivity index (χ2v) is 4.75. The molecule has 1 heterocycles. The molecule has 1 N–H and O–H groups in total. The SMILES string of the molecule is CCNCc1ccc(OC)c(OCc2cscn2)c1. The minimum atomic E-state index is 0.463. The quantitative estimate of drug-likeness (QED) is 0.846. The van der Waals surface area contributed by atoms with E-state index in [1.807, 2.05) is 23.6 Å². The third-order valence-electron chi connectivity index (χ3n) is 2.67. The first-order valence-electron chi connectivity index (χ1n) is 6.21. The Kier molecular flexibility index (Phi) is 5.18. The van der Waals surface area contributed by atoms with Gasteiger partial charge in [0, 0.05) is 11.9 Å².